The van der Waals surface area contributed by atoms with Crippen LogP contribution in [0.4, 0.5) is 18.0 Å². The third-order valence-corrected chi connectivity index (χ3v) is 2.59. The molecule has 0 radical (unpaired) electrons. The highest BCUT2D eigenvalue weighted by Gasteiger charge is 2.29. The molecular formula is C10H17F3N2O. The van der Waals surface area contributed by atoms with Gasteiger partial charge in [-0.2, -0.15) is 13.2 Å². The average molecular weight is 238 g/mol. The SMILES string of the molecule is CCC(CC1CC1)NC(=O)NCC(F)(F)F. The van der Waals surface area contributed by atoms with Gasteiger partial charge >= 0.3 is 12.2 Å². The summed E-state index contributed by atoms with van der Waals surface area (Å²) in [6, 6.07) is -0.745. The molecule has 0 heterocycles. The Morgan fingerprint density at radius 3 is 2.50 bits per heavy atom. The Hall–Kier alpha value is -0.940. The van der Waals surface area contributed by atoms with E-state index in [1.54, 1.807) is 5.32 Å². The number of amides is 2. The van der Waals surface area contributed by atoms with Crippen LogP contribution in [0.25, 0.3) is 0 Å². The van der Waals surface area contributed by atoms with Gasteiger partial charge in [0.1, 0.15) is 6.54 Å². The van der Waals surface area contributed by atoms with E-state index in [1.807, 2.05) is 6.92 Å². The van der Waals surface area contributed by atoms with Crippen molar-refractivity contribution in [2.75, 3.05) is 6.54 Å². The summed E-state index contributed by atoms with van der Waals surface area (Å²) in [5.74, 6) is 0.646. The fourth-order valence-corrected chi connectivity index (χ4v) is 1.50. The maximum absolute atomic E-state index is 11.8. The molecule has 3 nitrogen and oxygen atoms in total. The molecule has 1 unspecified atom stereocenters. The lowest BCUT2D eigenvalue weighted by molar-refractivity contribution is -0.122. The topological polar surface area (TPSA) is 41.1 Å². The van der Waals surface area contributed by atoms with E-state index in [0.29, 0.717) is 5.92 Å². The normalized spacial score (nSPS) is 18.0. The van der Waals surface area contributed by atoms with E-state index in [2.05, 4.69) is 5.32 Å². The Labute approximate surface area is 92.8 Å². The quantitative estimate of drug-likeness (QED) is 0.758. The first-order chi connectivity index (χ1) is 7.40. The van der Waals surface area contributed by atoms with Crippen molar-refractivity contribution in [1.29, 1.82) is 0 Å². The predicted octanol–water partition coefficient (Wildman–Crippen LogP) is 2.43. The first-order valence-electron chi connectivity index (χ1n) is 5.52. The minimum absolute atomic E-state index is 0.0132. The lowest BCUT2D eigenvalue weighted by Gasteiger charge is -2.17. The smallest absolute Gasteiger partial charge is 0.335 e. The Balaban J connectivity index is 2.19. The van der Waals surface area contributed by atoms with Gasteiger partial charge in [0.25, 0.3) is 0 Å². The minimum atomic E-state index is -4.35. The van der Waals surface area contributed by atoms with Crippen LogP contribution >= 0.6 is 0 Å². The number of rotatable bonds is 5. The van der Waals surface area contributed by atoms with Crippen molar-refractivity contribution in [2.45, 2.75) is 44.8 Å². The summed E-state index contributed by atoms with van der Waals surface area (Å²) in [6.45, 7) is 0.635. The highest BCUT2D eigenvalue weighted by atomic mass is 19.4. The van der Waals surface area contributed by atoms with Gasteiger partial charge in [-0.15, -0.1) is 0 Å². The number of carbonyl (C=O) groups is 1. The summed E-state index contributed by atoms with van der Waals surface area (Å²) in [5, 5.41) is 4.37. The molecule has 0 saturated heterocycles. The molecule has 1 rings (SSSR count). The number of carbonyl (C=O) groups excluding carboxylic acids is 1. The minimum Gasteiger partial charge on any atom is -0.335 e. The number of nitrogens with one attached hydrogen (secondary N) is 2. The molecule has 1 atom stereocenters. The summed E-state index contributed by atoms with van der Waals surface area (Å²) in [6.07, 6.45) is -0.397. The van der Waals surface area contributed by atoms with Gasteiger partial charge in [0.05, 0.1) is 0 Å². The van der Waals surface area contributed by atoms with E-state index in [4.69, 9.17) is 0 Å². The third-order valence-electron chi connectivity index (χ3n) is 2.59. The molecule has 0 bridgehead atoms. The molecule has 1 saturated carbocycles. The zero-order valence-electron chi connectivity index (χ0n) is 9.23. The molecule has 6 heteroatoms. The number of alkyl halides is 3. The van der Waals surface area contributed by atoms with Crippen molar-refractivity contribution in [3.05, 3.63) is 0 Å². The fourth-order valence-electron chi connectivity index (χ4n) is 1.50. The molecule has 0 aromatic carbocycles. The van der Waals surface area contributed by atoms with Gasteiger partial charge < -0.3 is 10.6 Å². The summed E-state index contributed by atoms with van der Waals surface area (Å²) in [7, 11) is 0. The highest BCUT2D eigenvalue weighted by molar-refractivity contribution is 5.74. The number of halogens is 3. The summed E-state index contributed by atoms with van der Waals surface area (Å²) < 4.78 is 35.4. The average Bonchev–Trinajstić information content (AvgIpc) is 2.96. The number of hydrogen-bond acceptors (Lipinski definition) is 1. The molecule has 0 aromatic rings. The summed E-state index contributed by atoms with van der Waals surface area (Å²) in [5.41, 5.74) is 0. The van der Waals surface area contributed by atoms with Gasteiger partial charge in [-0.25, -0.2) is 4.79 Å². The van der Waals surface area contributed by atoms with Crippen LogP contribution in [0, 0.1) is 5.92 Å². The molecule has 2 amide bonds. The van der Waals surface area contributed by atoms with E-state index in [0.717, 1.165) is 12.8 Å². The first-order valence-corrected chi connectivity index (χ1v) is 5.52. The summed E-state index contributed by atoms with van der Waals surface area (Å²) in [4.78, 5) is 11.1. The Kier molecular flexibility index (Phi) is 4.44. The monoisotopic (exact) mass is 238 g/mol. The molecule has 16 heavy (non-hydrogen) atoms. The molecule has 0 aromatic heterocycles. The van der Waals surface area contributed by atoms with Gasteiger partial charge in [-0.1, -0.05) is 19.8 Å². The van der Waals surface area contributed by atoms with Crippen molar-refractivity contribution in [2.24, 2.45) is 5.92 Å². The second-order valence-corrected chi connectivity index (χ2v) is 4.23. The molecule has 0 spiro atoms. The van der Waals surface area contributed by atoms with Gasteiger partial charge in [0.2, 0.25) is 0 Å². The van der Waals surface area contributed by atoms with E-state index < -0.39 is 18.8 Å². The van der Waals surface area contributed by atoms with E-state index in [-0.39, 0.29) is 6.04 Å². The molecule has 0 aliphatic heterocycles. The second kappa shape index (κ2) is 5.41. The van der Waals surface area contributed by atoms with Gasteiger partial charge in [0.15, 0.2) is 0 Å². The maximum Gasteiger partial charge on any atom is 0.405 e. The van der Waals surface area contributed by atoms with Crippen LogP contribution in [0.1, 0.15) is 32.6 Å². The van der Waals surface area contributed by atoms with Crippen molar-refractivity contribution in [3.8, 4) is 0 Å². The molecule has 1 aliphatic rings. The van der Waals surface area contributed by atoms with Crippen molar-refractivity contribution in [3.63, 3.8) is 0 Å². The van der Waals surface area contributed by atoms with E-state index in [1.165, 1.54) is 12.8 Å². The highest BCUT2D eigenvalue weighted by Crippen LogP contribution is 2.33. The van der Waals surface area contributed by atoms with Crippen LogP contribution in [0.2, 0.25) is 0 Å². The molecular weight excluding hydrogens is 221 g/mol. The van der Waals surface area contributed by atoms with Crippen molar-refractivity contribution in [1.82, 2.24) is 10.6 Å². The fraction of sp³-hybridized carbons (Fsp3) is 0.900. The van der Waals surface area contributed by atoms with E-state index >= 15 is 0 Å². The van der Waals surface area contributed by atoms with Crippen LogP contribution in [-0.2, 0) is 0 Å². The van der Waals surface area contributed by atoms with Gasteiger partial charge in [-0.3, -0.25) is 0 Å². The summed E-state index contributed by atoms with van der Waals surface area (Å²) >= 11 is 0. The molecule has 2 N–H and O–H groups in total. The standard InChI is InChI=1S/C10H17F3N2O/c1-2-8(5-7-3-4-7)15-9(16)14-6-10(11,12)13/h7-8H,2-6H2,1H3,(H2,14,15,16). The van der Waals surface area contributed by atoms with Crippen LogP contribution in [0.15, 0.2) is 0 Å². The van der Waals surface area contributed by atoms with Gasteiger partial charge in [-0.05, 0) is 18.8 Å². The zero-order valence-corrected chi connectivity index (χ0v) is 9.23. The largest absolute Gasteiger partial charge is 0.405 e. The first kappa shape index (κ1) is 13.1. The maximum atomic E-state index is 11.8. The number of hydrogen-bond donors (Lipinski definition) is 2. The molecule has 1 fully saturated rings. The van der Waals surface area contributed by atoms with Crippen molar-refractivity contribution >= 4 is 6.03 Å². The second-order valence-electron chi connectivity index (χ2n) is 4.23. The zero-order chi connectivity index (χ0) is 12.2. The number of urea groups is 1. The Morgan fingerprint density at radius 1 is 1.44 bits per heavy atom. The van der Waals surface area contributed by atoms with Crippen molar-refractivity contribution < 1.29 is 18.0 Å². The third kappa shape index (κ3) is 5.82. The van der Waals surface area contributed by atoms with E-state index in [9.17, 15) is 18.0 Å². The molecule has 94 valence electrons. The van der Waals surface area contributed by atoms with Crippen LogP contribution in [0.3, 0.4) is 0 Å². The van der Waals surface area contributed by atoms with Gasteiger partial charge in [0, 0.05) is 6.04 Å². The Bertz CT molecular complexity index is 239. The molecule has 1 aliphatic carbocycles. The lowest BCUT2D eigenvalue weighted by atomic mass is 10.1. The van der Waals surface area contributed by atoms with Crippen LogP contribution < -0.4 is 10.6 Å². The van der Waals surface area contributed by atoms with Crippen LogP contribution in [-0.4, -0.2) is 24.8 Å². The van der Waals surface area contributed by atoms with Crippen LogP contribution in [0.5, 0.6) is 0 Å². The predicted molar refractivity (Wildman–Crippen MR) is 54.0 cm³/mol. The lowest BCUT2D eigenvalue weighted by Crippen LogP contribution is -2.45. The Morgan fingerprint density at radius 2 is 2.06 bits per heavy atom.